The van der Waals surface area contributed by atoms with Crippen molar-refractivity contribution in [3.05, 3.63) is 29.6 Å². The summed E-state index contributed by atoms with van der Waals surface area (Å²) >= 11 is 0. The third-order valence-corrected chi connectivity index (χ3v) is 11.3. The number of aliphatic hydroxyl groups excluding tert-OH is 9. The normalized spacial score (nSPS) is 33.7. The van der Waals surface area contributed by atoms with E-state index < -0.39 is 159 Å². The van der Waals surface area contributed by atoms with Crippen LogP contribution in [0.15, 0.2) is 18.2 Å². The van der Waals surface area contributed by atoms with E-state index in [-0.39, 0.29) is 12.6 Å². The Hall–Kier alpha value is -3.77. The Morgan fingerprint density at radius 1 is 0.862 bits per heavy atom. The number of esters is 1. The van der Waals surface area contributed by atoms with Crippen LogP contribution in [0.1, 0.15) is 68.6 Å². The van der Waals surface area contributed by atoms with Gasteiger partial charge in [-0.2, -0.15) is 0 Å². The summed E-state index contributed by atoms with van der Waals surface area (Å²) in [4.78, 5) is 49.7. The number of methoxy groups -OCH3 is 1. The zero-order valence-electron chi connectivity index (χ0n) is 35.7. The monoisotopic (exact) mass is 940 g/mol. The van der Waals surface area contributed by atoms with Crippen molar-refractivity contribution >= 4 is 23.8 Å². The first-order valence-corrected chi connectivity index (χ1v) is 21.0. The number of aromatic hydroxyl groups is 1. The number of phenolic OH excluding ortho intramolecular Hbond substituents is 1. The fraction of sp³-hybridized carbons (Fsp3) is 0.750. The number of hydrogen-bond acceptors (Lipinski definition) is 21. The lowest BCUT2D eigenvalue weighted by Gasteiger charge is -2.51. The summed E-state index contributed by atoms with van der Waals surface area (Å²) in [6.07, 6.45) is -22.2. The molecule has 2 amide bonds. The molecule has 3 heterocycles. The number of benzene rings is 1. The van der Waals surface area contributed by atoms with Crippen LogP contribution in [0.3, 0.4) is 0 Å². The van der Waals surface area contributed by atoms with Gasteiger partial charge in [-0.15, -0.1) is 0 Å². The number of nitrogens with one attached hydrogen (secondary N) is 2. The average molecular weight is 941 g/mol. The summed E-state index contributed by atoms with van der Waals surface area (Å²) in [5, 5.41) is 122. The van der Waals surface area contributed by atoms with E-state index in [2.05, 4.69) is 15.4 Å². The molecule has 11 unspecified atom stereocenters. The van der Waals surface area contributed by atoms with Gasteiger partial charge in [0.15, 0.2) is 12.6 Å². The molecule has 3 saturated heterocycles. The Labute approximate surface area is 371 Å². The fourth-order valence-corrected chi connectivity index (χ4v) is 7.76. The van der Waals surface area contributed by atoms with Crippen LogP contribution in [0, 0.1) is 5.82 Å². The number of carbonyl (C=O) groups is 4. The van der Waals surface area contributed by atoms with E-state index >= 15 is 0 Å². The number of amides is 2. The number of halogens is 1. The van der Waals surface area contributed by atoms with Crippen LogP contribution >= 0.6 is 0 Å². The molecule has 24 nitrogen and oxygen atoms in total. The van der Waals surface area contributed by atoms with Crippen LogP contribution in [-0.2, 0) is 47.5 Å². The van der Waals surface area contributed by atoms with E-state index in [9.17, 15) is 79.7 Å². The first-order valence-electron chi connectivity index (χ1n) is 21.0. The Bertz CT molecular complexity index is 1710. The highest BCUT2D eigenvalue weighted by molar-refractivity contribution is 5.97. The molecule has 0 aromatic heterocycles. The molecule has 25 heteroatoms. The number of carboxylic acids is 1. The van der Waals surface area contributed by atoms with E-state index in [0.717, 1.165) is 44.4 Å². The van der Waals surface area contributed by atoms with Crippen LogP contribution in [0.25, 0.3) is 0 Å². The molecule has 370 valence electrons. The van der Waals surface area contributed by atoms with Crippen LogP contribution in [0.4, 0.5) is 4.39 Å². The number of rotatable bonds is 23. The summed E-state index contributed by atoms with van der Waals surface area (Å²) in [7, 11) is 1.31. The molecule has 0 bridgehead atoms. The minimum Gasteiger partial charge on any atom is -0.507 e. The predicted octanol–water partition coefficient (Wildman–Crippen LogP) is -4.01. The first kappa shape index (κ1) is 53.8. The van der Waals surface area contributed by atoms with Gasteiger partial charge in [0, 0.05) is 26.4 Å². The van der Waals surface area contributed by atoms with Gasteiger partial charge in [-0.1, -0.05) is 25.7 Å². The van der Waals surface area contributed by atoms with Crippen LogP contribution in [0.5, 0.6) is 5.75 Å². The Morgan fingerprint density at radius 2 is 1.51 bits per heavy atom. The standard InChI is InChI=1S/C40H61FN2O22/c1-18(47)42-27-22(49)14-40(39(57)58,64-34(27)29(52)23(50)15-44)65-35-30(53)24(16-45)61-38(32(35)55)63-33-25(17-46)62-37(60-12-8-6-4-3-5-7-9-26(51)59-2)28(31(33)54)43-36(56)20-13-19(41)10-11-21(20)48/h10-11,13,22-25,27-35,37-38,44-46,48-50,52-55H,3-9,12,14-17H2,1-2H3,(H,42,47)(H,43,56)(H,57,58)/t22?,23?,24?,25?,27-,28?,29?,30+,31?,32?,33-,34?,35?,37-,38?,40+/m1/s1. The molecule has 3 aliphatic heterocycles. The van der Waals surface area contributed by atoms with Gasteiger partial charge >= 0.3 is 11.9 Å². The van der Waals surface area contributed by atoms with Crippen molar-refractivity contribution < 1.29 is 113 Å². The molecule has 4 rings (SSSR count). The molecule has 16 atom stereocenters. The van der Waals surface area contributed by atoms with Gasteiger partial charge in [0.05, 0.1) is 44.6 Å². The number of aliphatic hydroxyl groups is 9. The van der Waals surface area contributed by atoms with Crippen molar-refractivity contribution in [2.24, 2.45) is 0 Å². The van der Waals surface area contributed by atoms with Gasteiger partial charge in [-0.25, -0.2) is 9.18 Å². The molecule has 13 N–H and O–H groups in total. The van der Waals surface area contributed by atoms with E-state index in [4.69, 9.17) is 28.4 Å². The van der Waals surface area contributed by atoms with E-state index in [1.165, 1.54) is 7.11 Å². The fourth-order valence-electron chi connectivity index (χ4n) is 7.76. The van der Waals surface area contributed by atoms with Crippen molar-refractivity contribution in [1.82, 2.24) is 10.6 Å². The van der Waals surface area contributed by atoms with Gasteiger partial charge < -0.3 is 100.0 Å². The smallest absolute Gasteiger partial charge is 0.364 e. The van der Waals surface area contributed by atoms with Crippen molar-refractivity contribution in [2.75, 3.05) is 33.5 Å². The second-order valence-corrected chi connectivity index (χ2v) is 16.0. The maximum absolute atomic E-state index is 14.2. The number of hydrogen-bond donors (Lipinski definition) is 13. The van der Waals surface area contributed by atoms with Gasteiger partial charge in [0.2, 0.25) is 5.91 Å². The summed E-state index contributed by atoms with van der Waals surface area (Å²) in [6, 6.07) is -0.714. The van der Waals surface area contributed by atoms with E-state index in [0.29, 0.717) is 25.7 Å². The van der Waals surface area contributed by atoms with Gasteiger partial charge in [0.25, 0.3) is 11.7 Å². The molecular formula is C40H61FN2O22. The van der Waals surface area contributed by atoms with Gasteiger partial charge in [-0.3, -0.25) is 14.4 Å². The molecule has 1 aromatic carbocycles. The Morgan fingerprint density at radius 3 is 2.12 bits per heavy atom. The van der Waals surface area contributed by atoms with Gasteiger partial charge in [0.1, 0.15) is 78.6 Å². The highest BCUT2D eigenvalue weighted by atomic mass is 19.1. The molecule has 0 radical (unpaired) electrons. The molecular weight excluding hydrogens is 879 g/mol. The predicted molar refractivity (Wildman–Crippen MR) is 211 cm³/mol. The van der Waals surface area contributed by atoms with Crippen LogP contribution in [-0.4, -0.2) is 211 Å². The Kier molecular flexibility index (Phi) is 20.6. The zero-order valence-corrected chi connectivity index (χ0v) is 35.7. The quantitative estimate of drug-likeness (QED) is 0.0367. The molecule has 0 saturated carbocycles. The van der Waals surface area contributed by atoms with Crippen molar-refractivity contribution in [3.63, 3.8) is 0 Å². The van der Waals surface area contributed by atoms with Crippen molar-refractivity contribution in [2.45, 2.75) is 156 Å². The minimum absolute atomic E-state index is 0.00908. The van der Waals surface area contributed by atoms with Crippen LogP contribution < -0.4 is 10.6 Å². The summed E-state index contributed by atoms with van der Waals surface area (Å²) in [6.45, 7) is -2.03. The summed E-state index contributed by atoms with van der Waals surface area (Å²) in [5.41, 5.74) is -0.554. The second-order valence-electron chi connectivity index (χ2n) is 16.0. The highest BCUT2D eigenvalue weighted by Crippen LogP contribution is 2.38. The molecule has 3 fully saturated rings. The molecule has 1 aromatic rings. The van der Waals surface area contributed by atoms with Gasteiger partial charge in [-0.05, 0) is 31.0 Å². The Balaban J connectivity index is 1.58. The zero-order chi connectivity index (χ0) is 48.2. The first-order chi connectivity index (χ1) is 30.8. The third kappa shape index (κ3) is 13.7. The number of ether oxygens (including phenoxy) is 7. The largest absolute Gasteiger partial charge is 0.507 e. The average Bonchev–Trinajstić information content (AvgIpc) is 3.27. The van der Waals surface area contributed by atoms with Crippen LogP contribution in [0.2, 0.25) is 0 Å². The number of phenols is 1. The summed E-state index contributed by atoms with van der Waals surface area (Å²) < 4.78 is 53.5. The summed E-state index contributed by atoms with van der Waals surface area (Å²) in [5.74, 6) is -8.87. The van der Waals surface area contributed by atoms with E-state index in [1.807, 2.05) is 0 Å². The topological polar surface area (TPSA) is 379 Å². The SMILES string of the molecule is COC(=O)CCCCCCCCO[C@@H]1OC(CO)[C@@H](OC2OC(CO)[C@H](O)C(O[C@]3(C(=O)O)CC(O)[C@@H](NC(C)=O)C(C(O)C(O)CO)O3)C2O)C(O)C1NC(=O)c1cc(F)ccc1O. The number of carbonyl (C=O) groups excluding carboxylic acids is 3. The third-order valence-electron chi connectivity index (χ3n) is 11.3. The number of unbranched alkanes of at least 4 members (excludes halogenated alkanes) is 5. The lowest BCUT2D eigenvalue weighted by molar-refractivity contribution is -0.382. The molecule has 0 aliphatic carbocycles. The highest BCUT2D eigenvalue weighted by Gasteiger charge is 2.60. The maximum atomic E-state index is 14.2. The molecule has 65 heavy (non-hydrogen) atoms. The van der Waals surface area contributed by atoms with Crippen molar-refractivity contribution in [3.8, 4) is 5.75 Å². The maximum Gasteiger partial charge on any atom is 0.364 e. The minimum atomic E-state index is -3.11. The molecule has 3 aliphatic rings. The number of carboxylic acid groups (broad SMARTS) is 1. The second kappa shape index (κ2) is 24.8. The number of aliphatic carboxylic acids is 1. The lowest BCUT2D eigenvalue weighted by Crippen LogP contribution is -2.71. The molecule has 0 spiro atoms. The van der Waals surface area contributed by atoms with E-state index in [1.54, 1.807) is 0 Å². The lowest BCUT2D eigenvalue weighted by atomic mass is 9.88. The van der Waals surface area contributed by atoms with Crippen molar-refractivity contribution in [1.29, 1.82) is 0 Å².